The van der Waals surface area contributed by atoms with Crippen LogP contribution in [0.15, 0.2) is 0 Å². The number of rotatable bonds is 7. The molecule has 0 aromatic heterocycles. The van der Waals surface area contributed by atoms with Gasteiger partial charge in [-0.2, -0.15) is 0 Å². The highest BCUT2D eigenvalue weighted by molar-refractivity contribution is 5.81. The van der Waals surface area contributed by atoms with Crippen molar-refractivity contribution in [1.29, 1.82) is 0 Å². The predicted octanol–water partition coefficient (Wildman–Crippen LogP) is -1.86. The lowest BCUT2D eigenvalue weighted by atomic mass is 10.2. The Morgan fingerprint density at radius 2 is 2.29 bits per heavy atom. The standard InChI is InChI=1S/C8H20N4O2/c1-10-4-5-12(2)7(6-14-3)8(13)11-9/h7,10H,4-6,9H2,1-3H3,(H,11,13). The number of nitrogens with two attached hydrogens (primary N) is 1. The van der Waals surface area contributed by atoms with Crippen molar-refractivity contribution in [2.75, 3.05) is 40.9 Å². The van der Waals surface area contributed by atoms with Gasteiger partial charge < -0.3 is 10.1 Å². The Labute approximate surface area is 84.7 Å². The Morgan fingerprint density at radius 1 is 1.64 bits per heavy atom. The van der Waals surface area contributed by atoms with Crippen molar-refractivity contribution in [2.45, 2.75) is 6.04 Å². The molecule has 84 valence electrons. The van der Waals surface area contributed by atoms with Gasteiger partial charge in [-0.1, -0.05) is 0 Å². The van der Waals surface area contributed by atoms with Crippen molar-refractivity contribution in [3.8, 4) is 0 Å². The van der Waals surface area contributed by atoms with Crippen LogP contribution in [0.3, 0.4) is 0 Å². The Bertz CT molecular complexity index is 165. The lowest BCUT2D eigenvalue weighted by Gasteiger charge is -2.25. The first-order valence-corrected chi connectivity index (χ1v) is 4.51. The monoisotopic (exact) mass is 204 g/mol. The summed E-state index contributed by atoms with van der Waals surface area (Å²) < 4.78 is 4.95. The molecule has 0 aromatic carbocycles. The third-order valence-corrected chi connectivity index (χ3v) is 2.02. The highest BCUT2D eigenvalue weighted by Gasteiger charge is 2.21. The molecule has 0 rings (SSSR count). The average molecular weight is 204 g/mol. The van der Waals surface area contributed by atoms with Crippen molar-refractivity contribution in [2.24, 2.45) is 5.84 Å². The number of nitrogens with one attached hydrogen (secondary N) is 2. The van der Waals surface area contributed by atoms with E-state index >= 15 is 0 Å². The van der Waals surface area contributed by atoms with E-state index in [0.717, 1.165) is 13.1 Å². The maximum atomic E-state index is 11.3. The number of nitrogens with zero attached hydrogens (tertiary/aromatic N) is 1. The molecule has 0 aromatic rings. The first-order valence-electron chi connectivity index (χ1n) is 4.51. The Hall–Kier alpha value is -0.690. The van der Waals surface area contributed by atoms with Crippen LogP contribution < -0.4 is 16.6 Å². The second-order valence-corrected chi connectivity index (χ2v) is 3.06. The van der Waals surface area contributed by atoms with Gasteiger partial charge in [0.25, 0.3) is 5.91 Å². The summed E-state index contributed by atoms with van der Waals surface area (Å²) in [6.07, 6.45) is 0. The van der Waals surface area contributed by atoms with Gasteiger partial charge in [-0.25, -0.2) is 5.84 Å². The van der Waals surface area contributed by atoms with E-state index < -0.39 is 0 Å². The number of carbonyl (C=O) groups is 1. The number of carbonyl (C=O) groups excluding carboxylic acids is 1. The number of likely N-dealkylation sites (N-methyl/N-ethyl adjacent to an activating group) is 2. The van der Waals surface area contributed by atoms with Crippen molar-refractivity contribution >= 4 is 5.91 Å². The van der Waals surface area contributed by atoms with Gasteiger partial charge in [0.1, 0.15) is 6.04 Å². The lowest BCUT2D eigenvalue weighted by Crippen LogP contribution is -2.51. The fourth-order valence-corrected chi connectivity index (χ4v) is 1.10. The van der Waals surface area contributed by atoms with Crippen LogP contribution in [0, 0.1) is 0 Å². The van der Waals surface area contributed by atoms with Crippen molar-refractivity contribution in [3.63, 3.8) is 0 Å². The summed E-state index contributed by atoms with van der Waals surface area (Å²) in [6.45, 7) is 1.91. The molecule has 0 saturated carbocycles. The summed E-state index contributed by atoms with van der Waals surface area (Å²) in [4.78, 5) is 13.2. The highest BCUT2D eigenvalue weighted by Crippen LogP contribution is 1.96. The van der Waals surface area contributed by atoms with Crippen LogP contribution >= 0.6 is 0 Å². The van der Waals surface area contributed by atoms with E-state index in [9.17, 15) is 4.79 Å². The second-order valence-electron chi connectivity index (χ2n) is 3.06. The van der Waals surface area contributed by atoms with Crippen LogP contribution in [0.2, 0.25) is 0 Å². The molecule has 0 radical (unpaired) electrons. The molecule has 0 fully saturated rings. The van der Waals surface area contributed by atoms with Crippen LogP contribution in [-0.4, -0.2) is 57.8 Å². The number of hydrogen-bond acceptors (Lipinski definition) is 5. The van der Waals surface area contributed by atoms with Gasteiger partial charge in [0, 0.05) is 20.2 Å². The molecule has 0 aliphatic carbocycles. The summed E-state index contributed by atoms with van der Waals surface area (Å²) in [5.41, 5.74) is 2.13. The van der Waals surface area contributed by atoms with E-state index in [1.165, 1.54) is 0 Å². The van der Waals surface area contributed by atoms with Gasteiger partial charge >= 0.3 is 0 Å². The predicted molar refractivity (Wildman–Crippen MR) is 54.6 cm³/mol. The molecule has 0 saturated heterocycles. The molecule has 0 spiro atoms. The molecule has 0 bridgehead atoms. The zero-order valence-electron chi connectivity index (χ0n) is 9.04. The Balaban J connectivity index is 4.10. The maximum absolute atomic E-state index is 11.3. The molecule has 6 nitrogen and oxygen atoms in total. The Kier molecular flexibility index (Phi) is 7.31. The van der Waals surface area contributed by atoms with E-state index in [-0.39, 0.29) is 11.9 Å². The van der Waals surface area contributed by atoms with E-state index in [1.54, 1.807) is 7.11 Å². The molecule has 1 amide bonds. The van der Waals surface area contributed by atoms with E-state index in [2.05, 4.69) is 10.7 Å². The lowest BCUT2D eigenvalue weighted by molar-refractivity contribution is -0.127. The van der Waals surface area contributed by atoms with E-state index in [4.69, 9.17) is 10.6 Å². The van der Waals surface area contributed by atoms with Crippen LogP contribution in [-0.2, 0) is 9.53 Å². The quantitative estimate of drug-likeness (QED) is 0.257. The largest absolute Gasteiger partial charge is 0.383 e. The molecule has 0 aliphatic heterocycles. The molecule has 1 atom stereocenters. The molecular formula is C8H20N4O2. The molecule has 0 aliphatic rings. The normalized spacial score (nSPS) is 12.9. The van der Waals surface area contributed by atoms with E-state index in [1.807, 2.05) is 19.0 Å². The number of methoxy groups -OCH3 is 1. The minimum atomic E-state index is -0.335. The summed E-state index contributed by atoms with van der Waals surface area (Å²) in [5.74, 6) is 4.84. The summed E-state index contributed by atoms with van der Waals surface area (Å²) in [7, 11) is 5.28. The summed E-state index contributed by atoms with van der Waals surface area (Å²) in [5, 5.41) is 3.01. The van der Waals surface area contributed by atoms with Crippen molar-refractivity contribution in [1.82, 2.24) is 15.6 Å². The SMILES string of the molecule is CNCCN(C)C(COC)C(=O)NN. The minimum absolute atomic E-state index is 0.231. The third kappa shape index (κ3) is 4.52. The van der Waals surface area contributed by atoms with Gasteiger partial charge in [-0.15, -0.1) is 0 Å². The first kappa shape index (κ1) is 13.3. The highest BCUT2D eigenvalue weighted by atomic mass is 16.5. The Morgan fingerprint density at radius 3 is 2.71 bits per heavy atom. The van der Waals surface area contributed by atoms with Gasteiger partial charge in [0.15, 0.2) is 0 Å². The molecule has 0 heterocycles. The number of amides is 1. The van der Waals surface area contributed by atoms with Crippen LogP contribution in [0.4, 0.5) is 0 Å². The van der Waals surface area contributed by atoms with Crippen LogP contribution in [0.1, 0.15) is 0 Å². The average Bonchev–Trinajstić information content (AvgIpc) is 2.21. The molecule has 1 unspecified atom stereocenters. The number of hydrogen-bond donors (Lipinski definition) is 3. The van der Waals surface area contributed by atoms with Gasteiger partial charge in [0.2, 0.25) is 0 Å². The van der Waals surface area contributed by atoms with E-state index in [0.29, 0.717) is 6.61 Å². The smallest absolute Gasteiger partial charge is 0.253 e. The number of hydrazine groups is 1. The summed E-state index contributed by atoms with van der Waals surface area (Å²) in [6, 6.07) is -0.335. The fraction of sp³-hybridized carbons (Fsp3) is 0.875. The topological polar surface area (TPSA) is 79.6 Å². The van der Waals surface area contributed by atoms with Crippen LogP contribution in [0.25, 0.3) is 0 Å². The van der Waals surface area contributed by atoms with Gasteiger partial charge in [0.05, 0.1) is 6.61 Å². The van der Waals surface area contributed by atoms with Crippen molar-refractivity contribution < 1.29 is 9.53 Å². The first-order chi connectivity index (χ1) is 6.67. The minimum Gasteiger partial charge on any atom is -0.383 e. The fourth-order valence-electron chi connectivity index (χ4n) is 1.10. The number of ether oxygens (including phenoxy) is 1. The van der Waals surface area contributed by atoms with Gasteiger partial charge in [-0.3, -0.25) is 15.1 Å². The third-order valence-electron chi connectivity index (χ3n) is 2.02. The zero-order valence-corrected chi connectivity index (χ0v) is 9.04. The summed E-state index contributed by atoms with van der Waals surface area (Å²) >= 11 is 0. The van der Waals surface area contributed by atoms with Gasteiger partial charge in [-0.05, 0) is 14.1 Å². The second kappa shape index (κ2) is 7.69. The van der Waals surface area contributed by atoms with Crippen molar-refractivity contribution in [3.05, 3.63) is 0 Å². The molecule has 6 heteroatoms. The molecular weight excluding hydrogens is 184 g/mol. The zero-order chi connectivity index (χ0) is 11.0. The molecule has 4 N–H and O–H groups in total. The van der Waals surface area contributed by atoms with Crippen LogP contribution in [0.5, 0.6) is 0 Å². The maximum Gasteiger partial charge on any atom is 0.253 e. The molecule has 14 heavy (non-hydrogen) atoms.